The molecule has 0 amide bonds. The summed E-state index contributed by atoms with van der Waals surface area (Å²) in [5.74, 6) is 0.889. The highest BCUT2D eigenvalue weighted by Crippen LogP contribution is 2.39. The molecule has 1 aliphatic rings. The number of aryl methyl sites for hydroxylation is 2. The number of hydrogen-bond donors (Lipinski definition) is 1. The summed E-state index contributed by atoms with van der Waals surface area (Å²) in [6.45, 7) is 2.06. The average molecular weight is 274 g/mol. The van der Waals surface area contributed by atoms with E-state index >= 15 is 0 Å². The van der Waals surface area contributed by atoms with E-state index < -0.39 is 0 Å². The zero-order valence-electron chi connectivity index (χ0n) is 11.3. The molecule has 3 rings (SSSR count). The third-order valence-electron chi connectivity index (χ3n) is 3.58. The lowest BCUT2D eigenvalue weighted by Crippen LogP contribution is -2.15. The van der Waals surface area contributed by atoms with Crippen LogP contribution in [0.2, 0.25) is 0 Å². The maximum absolute atomic E-state index is 6.17. The Balaban J connectivity index is 2.08. The van der Waals surface area contributed by atoms with Gasteiger partial charge in [-0.2, -0.15) is 0 Å². The van der Waals surface area contributed by atoms with Gasteiger partial charge in [0.15, 0.2) is 0 Å². The van der Waals surface area contributed by atoms with E-state index in [1.165, 1.54) is 16.1 Å². The highest BCUT2D eigenvalue weighted by Gasteiger charge is 2.23. The van der Waals surface area contributed by atoms with Gasteiger partial charge in [-0.05, 0) is 43.9 Å². The molecule has 1 atom stereocenters. The number of rotatable bonds is 2. The van der Waals surface area contributed by atoms with Crippen LogP contribution < -0.4 is 10.5 Å². The minimum absolute atomic E-state index is 0.159. The maximum Gasteiger partial charge on any atom is 0.129 e. The summed E-state index contributed by atoms with van der Waals surface area (Å²) in [7, 11) is 1.71. The average Bonchev–Trinajstić information content (AvgIpc) is 2.83. The van der Waals surface area contributed by atoms with Crippen molar-refractivity contribution in [2.45, 2.75) is 32.2 Å². The fraction of sp³-hybridized carbons (Fsp3) is 0.400. The van der Waals surface area contributed by atoms with Gasteiger partial charge >= 0.3 is 0 Å². The molecule has 1 aliphatic carbocycles. The summed E-state index contributed by atoms with van der Waals surface area (Å²) in [5.41, 5.74) is 9.62. The number of ether oxygens (including phenoxy) is 1. The molecular weight excluding hydrogens is 256 g/mol. The fourth-order valence-corrected chi connectivity index (χ4v) is 3.72. The third-order valence-corrected chi connectivity index (χ3v) is 4.84. The van der Waals surface area contributed by atoms with Crippen LogP contribution in [0.1, 0.15) is 35.0 Å². The number of methoxy groups -OCH3 is 1. The van der Waals surface area contributed by atoms with Crippen molar-refractivity contribution >= 4 is 11.3 Å². The lowest BCUT2D eigenvalue weighted by molar-refractivity contribution is 0.416. The van der Waals surface area contributed by atoms with Gasteiger partial charge in [-0.3, -0.25) is 0 Å². The Morgan fingerprint density at radius 1 is 1.42 bits per heavy atom. The smallest absolute Gasteiger partial charge is 0.129 e. The maximum atomic E-state index is 6.17. The monoisotopic (exact) mass is 274 g/mol. The van der Waals surface area contributed by atoms with E-state index in [0.29, 0.717) is 0 Å². The van der Waals surface area contributed by atoms with Crippen molar-refractivity contribution in [1.29, 1.82) is 0 Å². The molecule has 100 valence electrons. The van der Waals surface area contributed by atoms with Crippen LogP contribution in [0.5, 0.6) is 5.75 Å². The largest absolute Gasteiger partial charge is 0.496 e. The standard InChI is InChI=1S/C15H18N2OS/c1-9-6-7-10(13(8-9)18-2)15-17-12-5-3-4-11(16)14(12)19-15/h6-8,11H,3-5,16H2,1-2H3. The second-order valence-corrected chi connectivity index (χ2v) is 6.06. The number of hydrogen-bond acceptors (Lipinski definition) is 4. The molecule has 3 nitrogen and oxygen atoms in total. The zero-order valence-corrected chi connectivity index (χ0v) is 12.1. The number of benzene rings is 1. The predicted molar refractivity (Wildman–Crippen MR) is 78.7 cm³/mol. The Kier molecular flexibility index (Phi) is 3.29. The fourth-order valence-electron chi connectivity index (χ4n) is 2.54. The molecule has 0 radical (unpaired) electrons. The molecule has 0 saturated carbocycles. The van der Waals surface area contributed by atoms with Crippen molar-refractivity contribution in [1.82, 2.24) is 4.98 Å². The van der Waals surface area contributed by atoms with Crippen LogP contribution in [0.15, 0.2) is 18.2 Å². The Morgan fingerprint density at radius 3 is 3.00 bits per heavy atom. The second kappa shape index (κ2) is 4.94. The minimum atomic E-state index is 0.159. The Morgan fingerprint density at radius 2 is 2.26 bits per heavy atom. The van der Waals surface area contributed by atoms with E-state index in [-0.39, 0.29) is 6.04 Å². The summed E-state index contributed by atoms with van der Waals surface area (Å²) >= 11 is 1.72. The molecule has 0 fully saturated rings. The molecule has 0 saturated heterocycles. The lowest BCUT2D eigenvalue weighted by Gasteiger charge is -2.15. The van der Waals surface area contributed by atoms with Crippen molar-refractivity contribution in [3.05, 3.63) is 34.3 Å². The van der Waals surface area contributed by atoms with Crippen molar-refractivity contribution in [2.24, 2.45) is 5.73 Å². The van der Waals surface area contributed by atoms with Gasteiger partial charge in [0.25, 0.3) is 0 Å². The van der Waals surface area contributed by atoms with E-state index in [1.54, 1.807) is 18.4 Å². The van der Waals surface area contributed by atoms with Crippen molar-refractivity contribution in [3.8, 4) is 16.3 Å². The molecule has 1 aromatic carbocycles. The number of nitrogens with two attached hydrogens (primary N) is 1. The summed E-state index contributed by atoms with van der Waals surface area (Å²) < 4.78 is 5.47. The molecule has 0 bridgehead atoms. The summed E-state index contributed by atoms with van der Waals surface area (Å²) in [5, 5.41) is 1.03. The minimum Gasteiger partial charge on any atom is -0.496 e. The number of thiazole rings is 1. The first-order valence-electron chi connectivity index (χ1n) is 6.59. The van der Waals surface area contributed by atoms with Crippen molar-refractivity contribution < 1.29 is 4.74 Å². The van der Waals surface area contributed by atoms with Crippen LogP contribution in [0.3, 0.4) is 0 Å². The molecule has 2 aromatic rings. The summed E-state index contributed by atoms with van der Waals surface area (Å²) in [6, 6.07) is 6.39. The Labute approximate surface area is 117 Å². The van der Waals surface area contributed by atoms with E-state index in [1.807, 2.05) is 0 Å². The van der Waals surface area contributed by atoms with Gasteiger partial charge < -0.3 is 10.5 Å². The van der Waals surface area contributed by atoms with Gasteiger partial charge in [0.2, 0.25) is 0 Å². The molecule has 1 heterocycles. The first-order chi connectivity index (χ1) is 9.19. The molecule has 1 aromatic heterocycles. The topological polar surface area (TPSA) is 48.1 Å². The molecule has 19 heavy (non-hydrogen) atoms. The van der Waals surface area contributed by atoms with Crippen molar-refractivity contribution in [3.63, 3.8) is 0 Å². The van der Waals surface area contributed by atoms with E-state index in [0.717, 1.165) is 35.6 Å². The molecule has 2 N–H and O–H groups in total. The van der Waals surface area contributed by atoms with Gasteiger partial charge in [0.05, 0.1) is 18.4 Å². The first-order valence-corrected chi connectivity index (χ1v) is 7.41. The van der Waals surface area contributed by atoms with Gasteiger partial charge in [-0.15, -0.1) is 11.3 Å². The van der Waals surface area contributed by atoms with Crippen LogP contribution in [-0.4, -0.2) is 12.1 Å². The first kappa shape index (κ1) is 12.6. The third kappa shape index (κ3) is 2.26. The van der Waals surface area contributed by atoms with Crippen LogP contribution in [0, 0.1) is 6.92 Å². The molecule has 0 spiro atoms. The Bertz CT molecular complexity index is 606. The predicted octanol–water partition coefficient (Wildman–Crippen LogP) is 3.46. The van der Waals surface area contributed by atoms with E-state index in [2.05, 4.69) is 25.1 Å². The lowest BCUT2D eigenvalue weighted by atomic mass is 9.99. The van der Waals surface area contributed by atoms with Crippen LogP contribution in [0.4, 0.5) is 0 Å². The Hall–Kier alpha value is -1.39. The van der Waals surface area contributed by atoms with Gasteiger partial charge in [-0.1, -0.05) is 6.07 Å². The second-order valence-electron chi connectivity index (χ2n) is 5.03. The molecule has 4 heteroatoms. The highest BCUT2D eigenvalue weighted by atomic mass is 32.1. The number of nitrogens with zero attached hydrogens (tertiary/aromatic N) is 1. The number of aromatic nitrogens is 1. The van der Waals surface area contributed by atoms with Crippen LogP contribution >= 0.6 is 11.3 Å². The molecular formula is C15H18N2OS. The zero-order chi connectivity index (χ0) is 13.4. The van der Waals surface area contributed by atoms with Crippen molar-refractivity contribution in [2.75, 3.05) is 7.11 Å². The van der Waals surface area contributed by atoms with Crippen LogP contribution in [0.25, 0.3) is 10.6 Å². The SMILES string of the molecule is COc1cc(C)ccc1-c1nc2c(s1)C(N)CCC2. The van der Waals surface area contributed by atoms with Crippen LogP contribution in [-0.2, 0) is 6.42 Å². The summed E-state index contributed by atoms with van der Waals surface area (Å²) in [4.78, 5) is 6.02. The van der Waals surface area contributed by atoms with E-state index in [4.69, 9.17) is 15.5 Å². The summed E-state index contributed by atoms with van der Waals surface area (Å²) in [6.07, 6.45) is 3.26. The molecule has 1 unspecified atom stereocenters. The normalized spacial score (nSPS) is 18.2. The van der Waals surface area contributed by atoms with Gasteiger partial charge in [0.1, 0.15) is 10.8 Å². The van der Waals surface area contributed by atoms with E-state index in [9.17, 15) is 0 Å². The number of fused-ring (bicyclic) bond motifs is 1. The van der Waals surface area contributed by atoms with Gasteiger partial charge in [-0.25, -0.2) is 4.98 Å². The highest BCUT2D eigenvalue weighted by molar-refractivity contribution is 7.15. The van der Waals surface area contributed by atoms with Gasteiger partial charge in [0, 0.05) is 10.9 Å². The quantitative estimate of drug-likeness (QED) is 0.912. The molecule has 0 aliphatic heterocycles.